The smallest absolute Gasteiger partial charge is 0.144 e. The van der Waals surface area contributed by atoms with Crippen LogP contribution in [0, 0.1) is 11.3 Å². The fourth-order valence-electron chi connectivity index (χ4n) is 1.41. The topological polar surface area (TPSA) is 67.8 Å². The van der Waals surface area contributed by atoms with E-state index in [4.69, 9.17) is 15.7 Å². The van der Waals surface area contributed by atoms with Gasteiger partial charge in [-0.25, -0.2) is 0 Å². The number of nitrogens with zero attached hydrogens (tertiary/aromatic N) is 1. The molecule has 0 aliphatic heterocycles. The van der Waals surface area contributed by atoms with Gasteiger partial charge in [0.15, 0.2) is 0 Å². The zero-order valence-corrected chi connectivity index (χ0v) is 9.70. The summed E-state index contributed by atoms with van der Waals surface area (Å²) in [5, 5.41) is 11.6. The summed E-state index contributed by atoms with van der Waals surface area (Å²) < 4.78 is 5.52. The van der Waals surface area contributed by atoms with E-state index in [0.29, 0.717) is 5.84 Å². The van der Waals surface area contributed by atoms with E-state index in [1.165, 1.54) is 12.8 Å². The summed E-state index contributed by atoms with van der Waals surface area (Å²) in [5.74, 6) is 1.12. The molecule has 0 atom stereocenters. The molecule has 0 unspecified atom stereocenters. The van der Waals surface area contributed by atoms with Crippen molar-refractivity contribution >= 4 is 5.84 Å². The molecule has 1 rings (SSSR count). The zero-order chi connectivity index (χ0) is 11.3. The van der Waals surface area contributed by atoms with Crippen LogP contribution in [0.15, 0.2) is 5.16 Å². The van der Waals surface area contributed by atoms with Crippen molar-refractivity contribution in [2.24, 2.45) is 22.2 Å². The van der Waals surface area contributed by atoms with Gasteiger partial charge >= 0.3 is 0 Å². The Kier molecular flexibility index (Phi) is 4.39. The van der Waals surface area contributed by atoms with Crippen LogP contribution in [0.2, 0.25) is 0 Å². The first-order chi connectivity index (χ1) is 7.06. The van der Waals surface area contributed by atoms with E-state index in [1.807, 2.05) is 13.8 Å². The Morgan fingerprint density at radius 2 is 2.20 bits per heavy atom. The average molecular weight is 214 g/mol. The first-order valence-electron chi connectivity index (χ1n) is 5.62. The first-order valence-corrected chi connectivity index (χ1v) is 5.62. The molecule has 0 aromatic heterocycles. The van der Waals surface area contributed by atoms with Gasteiger partial charge in [0.05, 0.1) is 0 Å². The van der Waals surface area contributed by atoms with Crippen LogP contribution in [0.25, 0.3) is 0 Å². The number of hydrogen-bond acceptors (Lipinski definition) is 3. The average Bonchev–Trinajstić information content (AvgIpc) is 2.99. The van der Waals surface area contributed by atoms with Crippen molar-refractivity contribution in [1.29, 1.82) is 0 Å². The molecule has 1 aliphatic rings. The maximum absolute atomic E-state index is 8.59. The van der Waals surface area contributed by atoms with Crippen molar-refractivity contribution in [1.82, 2.24) is 0 Å². The highest BCUT2D eigenvalue weighted by molar-refractivity contribution is 5.85. The molecule has 1 aliphatic carbocycles. The van der Waals surface area contributed by atoms with Gasteiger partial charge in [0.2, 0.25) is 0 Å². The third kappa shape index (κ3) is 4.51. The van der Waals surface area contributed by atoms with Crippen molar-refractivity contribution in [3.8, 4) is 0 Å². The summed E-state index contributed by atoms with van der Waals surface area (Å²) in [6, 6.07) is 0. The molecule has 0 amide bonds. The van der Waals surface area contributed by atoms with Gasteiger partial charge in [-0.15, -0.1) is 0 Å². The number of oxime groups is 1. The number of amidine groups is 1. The van der Waals surface area contributed by atoms with Gasteiger partial charge in [-0.1, -0.05) is 19.0 Å². The van der Waals surface area contributed by atoms with Gasteiger partial charge < -0.3 is 15.7 Å². The summed E-state index contributed by atoms with van der Waals surface area (Å²) in [4.78, 5) is 0. The van der Waals surface area contributed by atoms with Crippen LogP contribution in [0.3, 0.4) is 0 Å². The second kappa shape index (κ2) is 5.35. The monoisotopic (exact) mass is 214 g/mol. The van der Waals surface area contributed by atoms with E-state index in [1.54, 1.807) is 0 Å². The minimum Gasteiger partial charge on any atom is -0.409 e. The Morgan fingerprint density at radius 1 is 1.53 bits per heavy atom. The molecular weight excluding hydrogens is 192 g/mol. The van der Waals surface area contributed by atoms with Gasteiger partial charge in [-0.05, 0) is 31.6 Å². The molecule has 1 fully saturated rings. The van der Waals surface area contributed by atoms with E-state index in [2.05, 4.69) is 5.16 Å². The fraction of sp³-hybridized carbons (Fsp3) is 0.909. The zero-order valence-electron chi connectivity index (χ0n) is 9.70. The molecule has 4 heteroatoms. The summed E-state index contributed by atoms with van der Waals surface area (Å²) in [6.07, 6.45) is 4.49. The standard InChI is InChI=1S/C11H22N2O2/c1-11(2,10(12)13-14)6-3-7-15-8-9-4-5-9/h9,14H,3-8H2,1-2H3,(H2,12,13). The van der Waals surface area contributed by atoms with Gasteiger partial charge in [-0.3, -0.25) is 0 Å². The highest BCUT2D eigenvalue weighted by Crippen LogP contribution is 2.29. The Hall–Kier alpha value is -0.770. The maximum Gasteiger partial charge on any atom is 0.144 e. The molecule has 0 bridgehead atoms. The van der Waals surface area contributed by atoms with Crippen LogP contribution in [0.4, 0.5) is 0 Å². The van der Waals surface area contributed by atoms with Crippen molar-refractivity contribution in [2.75, 3.05) is 13.2 Å². The number of hydrogen-bond donors (Lipinski definition) is 2. The lowest BCUT2D eigenvalue weighted by Crippen LogP contribution is -2.32. The SMILES string of the molecule is CC(C)(CCCOCC1CC1)C(N)=NO. The Morgan fingerprint density at radius 3 is 2.73 bits per heavy atom. The van der Waals surface area contributed by atoms with Gasteiger partial charge in [0.1, 0.15) is 5.84 Å². The van der Waals surface area contributed by atoms with Gasteiger partial charge in [0, 0.05) is 18.6 Å². The van der Waals surface area contributed by atoms with E-state index in [9.17, 15) is 0 Å². The van der Waals surface area contributed by atoms with Crippen molar-refractivity contribution in [3.05, 3.63) is 0 Å². The summed E-state index contributed by atoms with van der Waals surface area (Å²) in [7, 11) is 0. The number of rotatable bonds is 7. The molecule has 0 aromatic carbocycles. The van der Waals surface area contributed by atoms with Crippen LogP contribution in [-0.2, 0) is 4.74 Å². The highest BCUT2D eigenvalue weighted by Gasteiger charge is 2.23. The normalized spacial score (nSPS) is 18.1. The predicted octanol–water partition coefficient (Wildman–Crippen LogP) is 1.97. The van der Waals surface area contributed by atoms with E-state index in [0.717, 1.165) is 32.0 Å². The first kappa shape index (κ1) is 12.3. The van der Waals surface area contributed by atoms with Gasteiger partial charge in [-0.2, -0.15) is 0 Å². The fourth-order valence-corrected chi connectivity index (χ4v) is 1.41. The van der Waals surface area contributed by atoms with E-state index >= 15 is 0 Å². The summed E-state index contributed by atoms with van der Waals surface area (Å²) in [6.45, 7) is 5.63. The molecule has 0 radical (unpaired) electrons. The number of ether oxygens (including phenoxy) is 1. The lowest BCUT2D eigenvalue weighted by atomic mass is 9.87. The van der Waals surface area contributed by atoms with Crippen molar-refractivity contribution < 1.29 is 9.94 Å². The number of nitrogens with two attached hydrogens (primary N) is 1. The predicted molar refractivity (Wildman–Crippen MR) is 60.0 cm³/mol. The summed E-state index contributed by atoms with van der Waals surface area (Å²) in [5.41, 5.74) is 5.34. The Labute approximate surface area is 91.5 Å². The lowest BCUT2D eigenvalue weighted by Gasteiger charge is -2.22. The minimum absolute atomic E-state index is 0.238. The van der Waals surface area contributed by atoms with Crippen LogP contribution in [0.1, 0.15) is 39.5 Å². The third-order valence-electron chi connectivity index (χ3n) is 2.94. The van der Waals surface area contributed by atoms with Crippen molar-refractivity contribution in [2.45, 2.75) is 39.5 Å². The lowest BCUT2D eigenvalue weighted by molar-refractivity contribution is 0.116. The molecule has 0 spiro atoms. The molecule has 3 N–H and O–H groups in total. The van der Waals surface area contributed by atoms with E-state index in [-0.39, 0.29) is 5.41 Å². The molecule has 0 saturated heterocycles. The van der Waals surface area contributed by atoms with Crippen LogP contribution in [0.5, 0.6) is 0 Å². The van der Waals surface area contributed by atoms with Crippen LogP contribution < -0.4 is 5.73 Å². The van der Waals surface area contributed by atoms with Crippen LogP contribution >= 0.6 is 0 Å². The molecule has 1 saturated carbocycles. The minimum atomic E-state index is -0.238. The Bertz CT molecular complexity index is 223. The second-order valence-corrected chi connectivity index (χ2v) is 4.99. The molecule has 0 aromatic rings. The second-order valence-electron chi connectivity index (χ2n) is 4.99. The van der Waals surface area contributed by atoms with E-state index < -0.39 is 0 Å². The molecule has 4 nitrogen and oxygen atoms in total. The molecule has 15 heavy (non-hydrogen) atoms. The molecule has 88 valence electrons. The Balaban J connectivity index is 2.06. The van der Waals surface area contributed by atoms with Gasteiger partial charge in [0.25, 0.3) is 0 Å². The third-order valence-corrected chi connectivity index (χ3v) is 2.94. The summed E-state index contributed by atoms with van der Waals surface area (Å²) >= 11 is 0. The quantitative estimate of drug-likeness (QED) is 0.224. The molecular formula is C11H22N2O2. The highest BCUT2D eigenvalue weighted by atomic mass is 16.5. The van der Waals surface area contributed by atoms with Crippen molar-refractivity contribution in [3.63, 3.8) is 0 Å². The largest absolute Gasteiger partial charge is 0.409 e. The van der Waals surface area contributed by atoms with Crippen LogP contribution in [-0.4, -0.2) is 24.3 Å². The maximum atomic E-state index is 8.59. The molecule has 0 heterocycles.